The minimum absolute atomic E-state index is 0.00441. The van der Waals surface area contributed by atoms with Gasteiger partial charge in [0.2, 0.25) is 0 Å². The fraction of sp³-hybridized carbons (Fsp3) is 0.590. The average Bonchev–Trinajstić information content (AvgIpc) is 3.11. The Morgan fingerprint density at radius 2 is 1.78 bits per heavy atom. The fourth-order valence-corrected chi connectivity index (χ4v) is 8.66. The van der Waals surface area contributed by atoms with E-state index >= 15 is 13.2 Å². The van der Waals surface area contributed by atoms with Crippen LogP contribution in [-0.4, -0.2) is 77.4 Å². The summed E-state index contributed by atoms with van der Waals surface area (Å²) in [5.74, 6) is -5.80. The number of hydrogen-bond donors (Lipinski definition) is 1. The van der Waals surface area contributed by atoms with Crippen LogP contribution in [0, 0.1) is 11.7 Å². The van der Waals surface area contributed by atoms with Crippen LogP contribution in [0.2, 0.25) is 0 Å². The van der Waals surface area contributed by atoms with Crippen molar-refractivity contribution in [3.63, 3.8) is 0 Å². The van der Waals surface area contributed by atoms with Gasteiger partial charge in [0.25, 0.3) is 11.5 Å². The first-order valence-corrected chi connectivity index (χ1v) is 20.5. The van der Waals surface area contributed by atoms with Crippen LogP contribution in [0.25, 0.3) is 11.0 Å². The number of carbonyl (C=O) groups is 1. The number of aryl methyl sites for hydroxylation is 1. The first kappa shape index (κ1) is 41.2. The number of ether oxygens (including phenoxy) is 2. The molecule has 4 heterocycles. The molecule has 2 aliphatic heterocycles. The van der Waals surface area contributed by atoms with E-state index in [1.54, 1.807) is 38.3 Å². The summed E-state index contributed by atoms with van der Waals surface area (Å²) in [5, 5.41) is 3.66. The molecule has 5 rings (SSSR count). The van der Waals surface area contributed by atoms with Crippen molar-refractivity contribution >= 4 is 32.8 Å². The molecule has 1 atom stereocenters. The first-order chi connectivity index (χ1) is 25.5. The summed E-state index contributed by atoms with van der Waals surface area (Å²) in [7, 11) is -3.19. The van der Waals surface area contributed by atoms with Crippen molar-refractivity contribution in [1.29, 1.82) is 0 Å². The van der Waals surface area contributed by atoms with Crippen LogP contribution in [-0.2, 0) is 31.8 Å². The van der Waals surface area contributed by atoms with Crippen LogP contribution in [0.1, 0.15) is 101 Å². The van der Waals surface area contributed by atoms with Gasteiger partial charge in [-0.1, -0.05) is 24.3 Å². The third kappa shape index (κ3) is 9.81. The maximum atomic E-state index is 16.2. The summed E-state index contributed by atoms with van der Waals surface area (Å²) in [4.78, 5) is 36.7. The van der Waals surface area contributed by atoms with Gasteiger partial charge in [-0.2, -0.15) is 0 Å². The van der Waals surface area contributed by atoms with Gasteiger partial charge < -0.3 is 19.7 Å². The number of amides is 1. The van der Waals surface area contributed by atoms with Crippen LogP contribution in [0.5, 0.6) is 0 Å². The van der Waals surface area contributed by atoms with Crippen molar-refractivity contribution in [2.75, 3.05) is 43.1 Å². The van der Waals surface area contributed by atoms with Crippen molar-refractivity contribution in [2.24, 2.45) is 5.92 Å². The number of fused-ring (bicyclic) bond motifs is 1. The number of pyridine rings is 1. The quantitative estimate of drug-likeness (QED) is 0.131. The van der Waals surface area contributed by atoms with E-state index in [9.17, 15) is 18.0 Å². The van der Waals surface area contributed by atoms with Gasteiger partial charge >= 0.3 is 6.09 Å². The highest BCUT2D eigenvalue weighted by Gasteiger charge is 2.46. The molecule has 296 valence electrons. The predicted molar refractivity (Wildman–Crippen MR) is 202 cm³/mol. The lowest BCUT2D eigenvalue weighted by molar-refractivity contribution is -0.0885. The average molecular weight is 776 g/mol. The minimum Gasteiger partial charge on any atom is -0.444 e. The Balaban J connectivity index is 1.40. The number of nitrogens with one attached hydrogen (secondary N) is 1. The summed E-state index contributed by atoms with van der Waals surface area (Å²) >= 11 is 0. The summed E-state index contributed by atoms with van der Waals surface area (Å²) in [6, 6.07) is 4.80. The molecule has 3 aromatic rings. The number of sulfone groups is 1. The number of anilines is 1. The molecule has 15 heteroatoms. The number of alkyl halides is 2. The molecule has 0 radical (unpaired) electrons. The molecule has 0 spiro atoms. The number of carbonyl (C=O) groups excluding carboxylic acids is 1. The van der Waals surface area contributed by atoms with Crippen molar-refractivity contribution in [3.8, 4) is 0 Å². The van der Waals surface area contributed by atoms with Crippen LogP contribution in [0.4, 0.5) is 23.8 Å². The lowest BCUT2D eigenvalue weighted by Crippen LogP contribution is -2.44. The van der Waals surface area contributed by atoms with E-state index in [2.05, 4.69) is 21.9 Å². The van der Waals surface area contributed by atoms with Crippen molar-refractivity contribution < 1.29 is 35.9 Å². The smallest absolute Gasteiger partial charge is 0.410 e. The largest absolute Gasteiger partial charge is 0.444 e. The number of piperidine rings is 1. The van der Waals surface area contributed by atoms with Crippen LogP contribution in [0.15, 0.2) is 48.0 Å². The third-order valence-corrected chi connectivity index (χ3v) is 11.9. The van der Waals surface area contributed by atoms with Gasteiger partial charge in [0.15, 0.2) is 0 Å². The van der Waals surface area contributed by atoms with E-state index in [4.69, 9.17) is 9.47 Å². The molecule has 2 saturated heterocycles. The second-order valence-corrected chi connectivity index (χ2v) is 17.6. The molecule has 1 amide bonds. The highest BCUT2D eigenvalue weighted by molar-refractivity contribution is 7.91. The van der Waals surface area contributed by atoms with E-state index in [-0.39, 0.29) is 66.8 Å². The Morgan fingerprint density at radius 1 is 1.09 bits per heavy atom. The Kier molecular flexibility index (Phi) is 13.1. The molecule has 1 N–H and O–H groups in total. The Labute approximate surface area is 315 Å². The van der Waals surface area contributed by atoms with E-state index < -0.39 is 50.8 Å². The van der Waals surface area contributed by atoms with Gasteiger partial charge in [-0.05, 0) is 84.6 Å². The Morgan fingerprint density at radius 3 is 2.44 bits per heavy atom. The van der Waals surface area contributed by atoms with E-state index in [0.717, 1.165) is 18.9 Å². The molecule has 0 bridgehead atoms. The summed E-state index contributed by atoms with van der Waals surface area (Å²) in [5.41, 5.74) is -0.915. The fourth-order valence-electron chi connectivity index (χ4n) is 7.17. The molecule has 0 unspecified atom stereocenters. The van der Waals surface area contributed by atoms with Gasteiger partial charge in [-0.25, -0.2) is 36.4 Å². The SMILES string of the molecule is C=CCCCOCCCn1c(=O)c(C2CCS(=O)(=O)CC2)cc2c(N[C@H](C)c3cccc(C(F)(F)C4CCN(C(=O)OC(C)(C)C)CC4)c3F)ncnc21. The molecule has 2 fully saturated rings. The molecular weight excluding hydrogens is 724 g/mol. The minimum atomic E-state index is -3.50. The summed E-state index contributed by atoms with van der Waals surface area (Å²) in [6.07, 6.45) is 5.30. The highest BCUT2D eigenvalue weighted by atomic mass is 32.2. The molecule has 1 aromatic carbocycles. The second kappa shape index (κ2) is 17.2. The van der Waals surface area contributed by atoms with Crippen molar-refractivity contribution in [2.45, 2.75) is 103 Å². The second-order valence-electron chi connectivity index (χ2n) is 15.3. The number of rotatable bonds is 14. The van der Waals surface area contributed by atoms with Crippen LogP contribution in [0.3, 0.4) is 0 Å². The summed E-state index contributed by atoms with van der Waals surface area (Å²) < 4.78 is 85.4. The van der Waals surface area contributed by atoms with Crippen molar-refractivity contribution in [1.82, 2.24) is 19.4 Å². The van der Waals surface area contributed by atoms with Crippen LogP contribution >= 0.6 is 0 Å². The van der Waals surface area contributed by atoms with Gasteiger partial charge in [-0.15, -0.1) is 6.58 Å². The van der Waals surface area contributed by atoms with E-state index in [0.29, 0.717) is 49.1 Å². The van der Waals surface area contributed by atoms with E-state index in [1.165, 1.54) is 23.4 Å². The molecule has 0 aliphatic carbocycles. The lowest BCUT2D eigenvalue weighted by atomic mass is 9.85. The first-order valence-electron chi connectivity index (χ1n) is 18.7. The standard InChI is InChI=1S/C39H52F3N5O6S/c1-6-7-8-20-52-21-10-17-47-35-31(24-30(36(47)48)27-15-22-54(50,51)23-16-27)34(43-25-44-35)45-26(2)29-11-9-12-32(33(29)40)39(41,42)28-13-18-46(19-14-28)37(49)53-38(3,4)5/h6,9,11-12,24-28H,1,7-8,10,13-23H2,2-5H3,(H,43,44,45)/t26-/m1/s1. The number of aromatic nitrogens is 3. The zero-order valence-corrected chi connectivity index (χ0v) is 32.4. The number of halogens is 3. The maximum Gasteiger partial charge on any atom is 0.410 e. The van der Waals surface area contributed by atoms with Gasteiger partial charge in [0, 0.05) is 49.9 Å². The van der Waals surface area contributed by atoms with E-state index in [1.807, 2.05) is 6.08 Å². The zero-order chi connectivity index (χ0) is 39.3. The molecule has 2 aliphatic rings. The van der Waals surface area contributed by atoms with Gasteiger partial charge in [0.05, 0.1) is 28.5 Å². The molecule has 54 heavy (non-hydrogen) atoms. The molecule has 2 aromatic heterocycles. The number of likely N-dealkylation sites (tertiary alicyclic amines) is 1. The van der Waals surface area contributed by atoms with Gasteiger partial charge in [-0.3, -0.25) is 9.36 Å². The van der Waals surface area contributed by atoms with Crippen molar-refractivity contribution in [3.05, 3.63) is 76.1 Å². The number of hydrogen-bond acceptors (Lipinski definition) is 9. The Bertz CT molecular complexity index is 1960. The topological polar surface area (TPSA) is 133 Å². The molecule has 0 saturated carbocycles. The van der Waals surface area contributed by atoms with Gasteiger partial charge in [0.1, 0.15) is 39.0 Å². The lowest BCUT2D eigenvalue weighted by Gasteiger charge is -2.37. The number of unbranched alkanes of at least 4 members (excludes halogenated alkanes) is 1. The maximum absolute atomic E-state index is 16.2. The number of allylic oxidation sites excluding steroid dienone is 1. The van der Waals surface area contributed by atoms with Crippen LogP contribution < -0.4 is 10.9 Å². The third-order valence-electron chi connectivity index (χ3n) is 10.1. The number of benzene rings is 1. The monoisotopic (exact) mass is 775 g/mol. The normalized spacial score (nSPS) is 17.7. The zero-order valence-electron chi connectivity index (χ0n) is 31.6. The summed E-state index contributed by atoms with van der Waals surface area (Å²) in [6.45, 7) is 12.0. The highest BCUT2D eigenvalue weighted by Crippen LogP contribution is 2.44. The molecule has 11 nitrogen and oxygen atoms in total. The Hall–Kier alpha value is -3.98. The number of nitrogens with zero attached hydrogens (tertiary/aromatic N) is 4. The molecular formula is C39H52F3N5O6S. The predicted octanol–water partition coefficient (Wildman–Crippen LogP) is 7.51.